The van der Waals surface area contributed by atoms with Crippen molar-refractivity contribution in [3.8, 4) is 10.4 Å². The first-order valence-corrected chi connectivity index (χ1v) is 7.68. The Morgan fingerprint density at radius 1 is 0.750 bits per heavy atom. The summed E-state index contributed by atoms with van der Waals surface area (Å²) >= 11 is 8.09. The molecule has 0 N–H and O–H groups in total. The van der Waals surface area contributed by atoms with E-state index in [-0.39, 0.29) is 0 Å². The average molecular weight is 295 g/mol. The molecular formula is C18H11ClS. The zero-order chi connectivity index (χ0) is 13.5. The highest BCUT2D eigenvalue weighted by Gasteiger charge is 2.09. The molecule has 0 atom stereocenters. The average Bonchev–Trinajstić information content (AvgIpc) is 2.90. The summed E-state index contributed by atoms with van der Waals surface area (Å²) in [6.45, 7) is 0. The summed E-state index contributed by atoms with van der Waals surface area (Å²) in [5.74, 6) is 0. The number of rotatable bonds is 1. The fraction of sp³-hybridized carbons (Fsp3) is 0. The van der Waals surface area contributed by atoms with Crippen molar-refractivity contribution in [3.05, 3.63) is 71.8 Å². The van der Waals surface area contributed by atoms with Crippen LogP contribution in [0.3, 0.4) is 0 Å². The van der Waals surface area contributed by atoms with Gasteiger partial charge in [-0.05, 0) is 40.4 Å². The predicted octanol–water partition coefficient (Wildman–Crippen LogP) is 6.37. The lowest BCUT2D eigenvalue weighted by atomic mass is 10.0. The molecule has 1 heterocycles. The molecule has 0 aliphatic heterocycles. The van der Waals surface area contributed by atoms with E-state index in [1.54, 1.807) is 0 Å². The minimum absolute atomic E-state index is 0.788. The summed E-state index contributed by atoms with van der Waals surface area (Å²) in [6, 6.07) is 23.2. The van der Waals surface area contributed by atoms with E-state index >= 15 is 0 Å². The first kappa shape index (κ1) is 12.0. The van der Waals surface area contributed by atoms with Crippen molar-refractivity contribution in [2.45, 2.75) is 0 Å². The molecule has 20 heavy (non-hydrogen) atoms. The predicted molar refractivity (Wildman–Crippen MR) is 89.8 cm³/mol. The fourth-order valence-corrected chi connectivity index (χ4v) is 3.91. The van der Waals surface area contributed by atoms with Crippen LogP contribution in [0.4, 0.5) is 0 Å². The second kappa shape index (κ2) is 4.62. The molecule has 0 amide bonds. The van der Waals surface area contributed by atoms with Gasteiger partial charge in [-0.3, -0.25) is 0 Å². The van der Waals surface area contributed by atoms with Crippen molar-refractivity contribution in [3.63, 3.8) is 0 Å². The lowest BCUT2D eigenvalue weighted by Crippen LogP contribution is -1.78. The summed E-state index contributed by atoms with van der Waals surface area (Å²) in [6.07, 6.45) is 0. The molecular weight excluding hydrogens is 284 g/mol. The van der Waals surface area contributed by atoms with E-state index in [0.717, 1.165) is 5.02 Å². The number of fused-ring (bicyclic) bond motifs is 2. The van der Waals surface area contributed by atoms with Crippen LogP contribution in [0.2, 0.25) is 5.02 Å². The summed E-state index contributed by atoms with van der Waals surface area (Å²) < 4.78 is 1.31. The topological polar surface area (TPSA) is 0 Å². The van der Waals surface area contributed by atoms with Gasteiger partial charge in [0.1, 0.15) is 0 Å². The third-order valence-electron chi connectivity index (χ3n) is 3.52. The van der Waals surface area contributed by atoms with Crippen LogP contribution in [0.25, 0.3) is 31.3 Å². The molecule has 0 unspecified atom stereocenters. The lowest BCUT2D eigenvalue weighted by molar-refractivity contribution is 1.74. The maximum atomic E-state index is 6.28. The van der Waals surface area contributed by atoms with Crippen molar-refractivity contribution >= 4 is 43.8 Å². The first-order valence-electron chi connectivity index (χ1n) is 6.48. The molecule has 1 aromatic heterocycles. The van der Waals surface area contributed by atoms with Gasteiger partial charge in [0.15, 0.2) is 0 Å². The van der Waals surface area contributed by atoms with Gasteiger partial charge in [-0.2, -0.15) is 0 Å². The fourth-order valence-electron chi connectivity index (χ4n) is 2.59. The Balaban J connectivity index is 2.06. The minimum atomic E-state index is 0.788. The van der Waals surface area contributed by atoms with Crippen LogP contribution < -0.4 is 0 Å². The van der Waals surface area contributed by atoms with E-state index in [1.807, 2.05) is 23.5 Å². The van der Waals surface area contributed by atoms with Crippen molar-refractivity contribution < 1.29 is 0 Å². The second-order valence-electron chi connectivity index (χ2n) is 4.82. The SMILES string of the molecule is Clc1cc(-c2cc3ccccc3s2)c2ccccc2c1. The molecule has 0 bridgehead atoms. The van der Waals surface area contributed by atoms with Crippen LogP contribution >= 0.6 is 22.9 Å². The molecule has 0 fully saturated rings. The molecule has 0 aliphatic rings. The van der Waals surface area contributed by atoms with E-state index in [4.69, 9.17) is 11.6 Å². The van der Waals surface area contributed by atoms with Crippen LogP contribution in [0.1, 0.15) is 0 Å². The van der Waals surface area contributed by atoms with Gasteiger partial charge in [-0.25, -0.2) is 0 Å². The highest BCUT2D eigenvalue weighted by atomic mass is 35.5. The maximum absolute atomic E-state index is 6.28. The van der Waals surface area contributed by atoms with Gasteiger partial charge in [-0.15, -0.1) is 11.3 Å². The van der Waals surface area contributed by atoms with Crippen molar-refractivity contribution in [2.75, 3.05) is 0 Å². The number of halogens is 1. The van der Waals surface area contributed by atoms with Gasteiger partial charge in [-0.1, -0.05) is 54.1 Å². The molecule has 0 saturated heterocycles. The third-order valence-corrected chi connectivity index (χ3v) is 4.89. The molecule has 0 radical (unpaired) electrons. The molecule has 4 rings (SSSR count). The van der Waals surface area contributed by atoms with Gasteiger partial charge < -0.3 is 0 Å². The van der Waals surface area contributed by atoms with Gasteiger partial charge in [0.05, 0.1) is 0 Å². The van der Waals surface area contributed by atoms with Gasteiger partial charge >= 0.3 is 0 Å². The van der Waals surface area contributed by atoms with Crippen molar-refractivity contribution in [2.24, 2.45) is 0 Å². The summed E-state index contributed by atoms with van der Waals surface area (Å²) in [4.78, 5) is 1.27. The lowest BCUT2D eigenvalue weighted by Gasteiger charge is -2.05. The number of hydrogen-bond acceptors (Lipinski definition) is 1. The van der Waals surface area contributed by atoms with Gasteiger partial charge in [0.2, 0.25) is 0 Å². The van der Waals surface area contributed by atoms with E-state index in [9.17, 15) is 0 Å². The maximum Gasteiger partial charge on any atom is 0.0418 e. The largest absolute Gasteiger partial charge is 0.135 e. The highest BCUT2D eigenvalue weighted by Crippen LogP contribution is 2.38. The minimum Gasteiger partial charge on any atom is -0.135 e. The monoisotopic (exact) mass is 294 g/mol. The Morgan fingerprint density at radius 2 is 1.50 bits per heavy atom. The Kier molecular flexibility index (Phi) is 2.76. The van der Waals surface area contributed by atoms with Crippen LogP contribution in [-0.4, -0.2) is 0 Å². The Hall–Kier alpha value is -1.83. The van der Waals surface area contributed by atoms with Crippen LogP contribution in [0, 0.1) is 0 Å². The molecule has 0 spiro atoms. The summed E-state index contributed by atoms with van der Waals surface area (Å²) in [5.41, 5.74) is 1.22. The van der Waals surface area contributed by atoms with E-state index in [2.05, 4.69) is 54.6 Å². The number of benzene rings is 3. The van der Waals surface area contributed by atoms with Gasteiger partial charge in [0, 0.05) is 20.2 Å². The number of thiophene rings is 1. The summed E-state index contributed by atoms with van der Waals surface area (Å²) in [5, 5.41) is 4.52. The Morgan fingerprint density at radius 3 is 2.35 bits per heavy atom. The van der Waals surface area contributed by atoms with E-state index in [0.29, 0.717) is 0 Å². The van der Waals surface area contributed by atoms with Crippen molar-refractivity contribution in [1.82, 2.24) is 0 Å². The highest BCUT2D eigenvalue weighted by molar-refractivity contribution is 7.22. The molecule has 0 nitrogen and oxygen atoms in total. The second-order valence-corrected chi connectivity index (χ2v) is 6.34. The normalized spacial score (nSPS) is 11.2. The van der Waals surface area contributed by atoms with Crippen LogP contribution in [-0.2, 0) is 0 Å². The van der Waals surface area contributed by atoms with Gasteiger partial charge in [0.25, 0.3) is 0 Å². The third kappa shape index (κ3) is 1.91. The van der Waals surface area contributed by atoms with E-state index in [1.165, 1.54) is 31.3 Å². The molecule has 2 heteroatoms. The molecule has 0 aliphatic carbocycles. The first-order chi connectivity index (χ1) is 9.81. The summed E-state index contributed by atoms with van der Waals surface area (Å²) in [7, 11) is 0. The Bertz CT molecular complexity index is 888. The van der Waals surface area contributed by atoms with Crippen LogP contribution in [0.15, 0.2) is 66.7 Å². The quantitative estimate of drug-likeness (QED) is 0.382. The van der Waals surface area contributed by atoms with Crippen molar-refractivity contribution in [1.29, 1.82) is 0 Å². The van der Waals surface area contributed by atoms with E-state index < -0.39 is 0 Å². The zero-order valence-electron chi connectivity index (χ0n) is 10.6. The molecule has 96 valence electrons. The zero-order valence-corrected chi connectivity index (χ0v) is 12.2. The smallest absolute Gasteiger partial charge is 0.0418 e. The molecule has 4 aromatic rings. The molecule has 3 aromatic carbocycles. The standard InChI is InChI=1S/C18H11ClS/c19-14-9-12-5-1-3-7-15(12)16(11-14)18-10-13-6-2-4-8-17(13)20-18/h1-11H. The molecule has 0 saturated carbocycles. The van der Waals surface area contributed by atoms with Crippen LogP contribution in [0.5, 0.6) is 0 Å². The Labute approximate surface area is 126 Å². The number of hydrogen-bond donors (Lipinski definition) is 0.